The maximum atomic E-state index is 9.50. The molecule has 42 heavy (non-hydrogen) atoms. The summed E-state index contributed by atoms with van der Waals surface area (Å²) in [6, 6.07) is 51.1. The van der Waals surface area contributed by atoms with Crippen LogP contribution < -0.4 is 4.90 Å². The van der Waals surface area contributed by atoms with Crippen LogP contribution in [0.25, 0.3) is 44.2 Å². The van der Waals surface area contributed by atoms with Crippen LogP contribution in [0.2, 0.25) is 0 Å². The molecule has 1 aromatic heterocycles. The highest BCUT2D eigenvalue weighted by Gasteiger charge is 2.19. The van der Waals surface area contributed by atoms with Gasteiger partial charge in [0.15, 0.2) is 5.58 Å². The molecule has 4 nitrogen and oxygen atoms in total. The van der Waals surface area contributed by atoms with Crippen molar-refractivity contribution in [1.82, 2.24) is 0 Å². The van der Waals surface area contributed by atoms with Gasteiger partial charge in [0.05, 0.1) is 16.8 Å². The molecule has 0 fully saturated rings. The zero-order valence-corrected chi connectivity index (χ0v) is 22.5. The van der Waals surface area contributed by atoms with Gasteiger partial charge >= 0.3 is 0 Å². The van der Waals surface area contributed by atoms with Crippen LogP contribution in [-0.2, 0) is 0 Å². The van der Waals surface area contributed by atoms with Crippen molar-refractivity contribution in [1.29, 1.82) is 10.5 Å². The number of hydrogen-bond donors (Lipinski definition) is 0. The van der Waals surface area contributed by atoms with Crippen LogP contribution in [0.1, 0.15) is 11.1 Å². The van der Waals surface area contributed by atoms with Crippen LogP contribution in [0.3, 0.4) is 0 Å². The third kappa shape index (κ3) is 4.34. The molecule has 4 heteroatoms. The molecule has 0 aliphatic rings. The van der Waals surface area contributed by atoms with E-state index in [0.29, 0.717) is 11.1 Å². The Hall–Kier alpha value is -6.10. The molecule has 6 aromatic carbocycles. The molecule has 0 saturated carbocycles. The summed E-state index contributed by atoms with van der Waals surface area (Å²) in [6.07, 6.45) is 0. The molecule has 0 saturated heterocycles. The Morgan fingerprint density at radius 2 is 1.05 bits per heavy atom. The average molecular weight is 538 g/mol. The van der Waals surface area contributed by atoms with Crippen LogP contribution in [0.4, 0.5) is 17.1 Å². The van der Waals surface area contributed by atoms with E-state index in [1.807, 2.05) is 54.6 Å². The summed E-state index contributed by atoms with van der Waals surface area (Å²) in [7, 11) is 0. The summed E-state index contributed by atoms with van der Waals surface area (Å²) in [6.45, 7) is 0. The predicted octanol–water partition coefficient (Wildman–Crippen LogP) is 10.1. The summed E-state index contributed by atoms with van der Waals surface area (Å²) in [5, 5.41) is 21.0. The first-order valence-electron chi connectivity index (χ1n) is 13.6. The van der Waals surface area contributed by atoms with E-state index >= 15 is 0 Å². The number of hydrogen-bond acceptors (Lipinski definition) is 4. The van der Waals surface area contributed by atoms with Crippen LogP contribution in [0.15, 0.2) is 144 Å². The summed E-state index contributed by atoms with van der Waals surface area (Å²) < 4.78 is 6.44. The number of nitriles is 2. The minimum Gasteiger partial charge on any atom is -0.454 e. The topological polar surface area (TPSA) is 64.0 Å². The second-order valence-electron chi connectivity index (χ2n) is 10.0. The van der Waals surface area contributed by atoms with Gasteiger partial charge in [-0.2, -0.15) is 10.5 Å². The number of para-hydroxylation sites is 2. The van der Waals surface area contributed by atoms with Crippen LogP contribution in [-0.4, -0.2) is 0 Å². The number of nitrogens with zero attached hydrogens (tertiary/aromatic N) is 3. The van der Waals surface area contributed by atoms with E-state index < -0.39 is 0 Å². The number of fused-ring (bicyclic) bond motifs is 3. The fourth-order valence-electron chi connectivity index (χ4n) is 5.49. The molecule has 0 aliphatic carbocycles. The van der Waals surface area contributed by atoms with Crippen molar-refractivity contribution in [3.05, 3.63) is 151 Å². The highest BCUT2D eigenvalue weighted by atomic mass is 16.3. The second-order valence-corrected chi connectivity index (χ2v) is 10.0. The Morgan fingerprint density at radius 1 is 0.476 bits per heavy atom. The summed E-state index contributed by atoms with van der Waals surface area (Å²) in [5.41, 5.74) is 9.48. The first-order valence-corrected chi connectivity index (χ1v) is 13.6. The third-order valence-corrected chi connectivity index (χ3v) is 7.58. The van der Waals surface area contributed by atoms with Crippen molar-refractivity contribution in [2.75, 3.05) is 4.90 Å². The van der Waals surface area contributed by atoms with Gasteiger partial charge in [0, 0.05) is 22.1 Å². The number of benzene rings is 6. The van der Waals surface area contributed by atoms with Gasteiger partial charge < -0.3 is 9.32 Å². The Balaban J connectivity index is 1.36. The molecule has 0 amide bonds. The molecular formula is C38H23N3O. The van der Waals surface area contributed by atoms with Gasteiger partial charge in [0.2, 0.25) is 0 Å². The van der Waals surface area contributed by atoms with E-state index in [0.717, 1.165) is 55.7 Å². The predicted molar refractivity (Wildman–Crippen MR) is 169 cm³/mol. The lowest BCUT2D eigenvalue weighted by Gasteiger charge is -2.26. The molecule has 0 spiro atoms. The van der Waals surface area contributed by atoms with E-state index in [1.54, 1.807) is 12.1 Å². The largest absolute Gasteiger partial charge is 0.454 e. The number of anilines is 3. The van der Waals surface area contributed by atoms with Crippen molar-refractivity contribution in [2.45, 2.75) is 0 Å². The van der Waals surface area contributed by atoms with Gasteiger partial charge in [-0.05, 0) is 70.8 Å². The van der Waals surface area contributed by atoms with Gasteiger partial charge in [-0.3, -0.25) is 0 Å². The minimum absolute atomic E-state index is 0.371. The Bertz CT molecular complexity index is 2150. The maximum absolute atomic E-state index is 9.50. The smallest absolute Gasteiger partial charge is 0.159 e. The Morgan fingerprint density at radius 3 is 1.74 bits per heavy atom. The van der Waals surface area contributed by atoms with Crippen LogP contribution in [0, 0.1) is 22.7 Å². The fourth-order valence-corrected chi connectivity index (χ4v) is 5.49. The minimum atomic E-state index is 0.371. The second kappa shape index (κ2) is 10.5. The monoisotopic (exact) mass is 537 g/mol. The molecule has 0 bridgehead atoms. The van der Waals surface area contributed by atoms with E-state index in [-0.39, 0.29) is 0 Å². The van der Waals surface area contributed by atoms with Gasteiger partial charge in [0.25, 0.3) is 0 Å². The van der Waals surface area contributed by atoms with Crippen molar-refractivity contribution in [3.8, 4) is 34.4 Å². The molecule has 7 aromatic rings. The van der Waals surface area contributed by atoms with Gasteiger partial charge in [-0.15, -0.1) is 0 Å². The van der Waals surface area contributed by atoms with Crippen LogP contribution in [0.5, 0.6) is 0 Å². The standard InChI is InChI=1S/C38H23N3O/c39-24-30-14-13-29(23-31(30)25-40)28-17-21-33(22-18-28)41(32-19-15-27(16-20-32)26-7-2-1-3-8-26)36-11-6-10-35-34-9-4-5-12-37(34)42-38(35)36/h1-23H. The quantitative estimate of drug-likeness (QED) is 0.219. The molecule has 0 radical (unpaired) electrons. The first kappa shape index (κ1) is 24.9. The van der Waals surface area contributed by atoms with Gasteiger partial charge in [-0.1, -0.05) is 91.0 Å². The summed E-state index contributed by atoms with van der Waals surface area (Å²) >= 11 is 0. The van der Waals surface area contributed by atoms with Crippen molar-refractivity contribution >= 4 is 39.0 Å². The van der Waals surface area contributed by atoms with Gasteiger partial charge in [-0.25, -0.2) is 0 Å². The molecule has 0 aliphatic heterocycles. The molecule has 0 atom stereocenters. The zero-order chi connectivity index (χ0) is 28.5. The molecule has 1 heterocycles. The highest BCUT2D eigenvalue weighted by molar-refractivity contribution is 6.10. The molecule has 7 rings (SSSR count). The third-order valence-electron chi connectivity index (χ3n) is 7.58. The van der Waals surface area contributed by atoms with Crippen molar-refractivity contribution in [3.63, 3.8) is 0 Å². The van der Waals surface area contributed by atoms with Crippen molar-refractivity contribution in [2.24, 2.45) is 0 Å². The summed E-state index contributed by atoms with van der Waals surface area (Å²) in [5.74, 6) is 0. The normalized spacial score (nSPS) is 10.8. The first-order chi connectivity index (χ1) is 20.7. The van der Waals surface area contributed by atoms with Crippen LogP contribution >= 0.6 is 0 Å². The van der Waals surface area contributed by atoms with E-state index in [9.17, 15) is 10.5 Å². The number of furan rings is 1. The van der Waals surface area contributed by atoms with Gasteiger partial charge in [0.1, 0.15) is 17.7 Å². The fraction of sp³-hybridized carbons (Fsp3) is 0. The summed E-state index contributed by atoms with van der Waals surface area (Å²) in [4.78, 5) is 2.21. The van der Waals surface area contributed by atoms with Crippen molar-refractivity contribution < 1.29 is 4.42 Å². The molecule has 196 valence electrons. The lowest BCUT2D eigenvalue weighted by atomic mass is 9.99. The highest BCUT2D eigenvalue weighted by Crippen LogP contribution is 2.42. The van der Waals surface area contributed by atoms with E-state index in [1.165, 1.54) is 5.56 Å². The Kier molecular flexibility index (Phi) is 6.21. The van der Waals surface area contributed by atoms with E-state index in [4.69, 9.17) is 4.42 Å². The maximum Gasteiger partial charge on any atom is 0.159 e. The lowest BCUT2D eigenvalue weighted by molar-refractivity contribution is 0.669. The van der Waals surface area contributed by atoms with E-state index in [2.05, 4.69) is 89.8 Å². The zero-order valence-electron chi connectivity index (χ0n) is 22.5. The SMILES string of the molecule is N#Cc1ccc(-c2ccc(N(c3ccc(-c4ccccc4)cc3)c3cccc4c3oc3ccccc34)cc2)cc1C#N. The molecule has 0 N–H and O–H groups in total. The molecule has 0 unspecified atom stereocenters. The average Bonchev–Trinajstić information content (AvgIpc) is 3.45. The molecular weight excluding hydrogens is 514 g/mol. The lowest BCUT2D eigenvalue weighted by Crippen LogP contribution is -2.10. The number of rotatable bonds is 5. The Labute approximate surface area is 243 Å².